The lowest BCUT2D eigenvalue weighted by atomic mass is 10.0. The number of carbonyl (C=O) groups is 2. The van der Waals surface area contributed by atoms with E-state index in [1.54, 1.807) is 0 Å². The zero-order valence-corrected chi connectivity index (χ0v) is 10.2. The van der Waals surface area contributed by atoms with Crippen LogP contribution in [0, 0.1) is 5.92 Å². The average Bonchev–Trinajstić information content (AvgIpc) is 2.97. The van der Waals surface area contributed by atoms with Crippen LogP contribution in [0.3, 0.4) is 0 Å². The Morgan fingerprint density at radius 1 is 1.12 bits per heavy atom. The van der Waals surface area contributed by atoms with Crippen molar-refractivity contribution < 1.29 is 14.7 Å². The third kappa shape index (κ3) is 3.72. The van der Waals surface area contributed by atoms with E-state index in [4.69, 9.17) is 5.11 Å². The number of rotatable bonds is 6. The van der Waals surface area contributed by atoms with Crippen molar-refractivity contribution in [1.29, 1.82) is 0 Å². The van der Waals surface area contributed by atoms with E-state index in [0.29, 0.717) is 24.9 Å². The third-order valence-electron chi connectivity index (χ3n) is 3.81. The molecule has 0 heterocycles. The molecular weight excluding hydrogens is 218 g/mol. The first-order valence-electron chi connectivity index (χ1n) is 6.68. The monoisotopic (exact) mass is 239 g/mol. The number of hydrogen-bond donors (Lipinski definition) is 1. The highest BCUT2D eigenvalue weighted by molar-refractivity contribution is 5.78. The first-order chi connectivity index (χ1) is 8.16. The Morgan fingerprint density at radius 2 is 1.76 bits per heavy atom. The van der Waals surface area contributed by atoms with Crippen molar-refractivity contribution in [3.8, 4) is 0 Å². The standard InChI is InChI=1S/C13H21NO3/c15-12(9-10-3-1-2-4-10)14(11-5-6-11)8-7-13(16)17/h10-11H,1-9H2,(H,16,17). The molecule has 4 nitrogen and oxygen atoms in total. The molecule has 2 rings (SSSR count). The minimum absolute atomic E-state index is 0.0763. The van der Waals surface area contributed by atoms with Gasteiger partial charge >= 0.3 is 5.97 Å². The maximum Gasteiger partial charge on any atom is 0.305 e. The quantitative estimate of drug-likeness (QED) is 0.771. The van der Waals surface area contributed by atoms with Gasteiger partial charge in [-0.2, -0.15) is 0 Å². The van der Waals surface area contributed by atoms with Gasteiger partial charge in [0, 0.05) is 19.0 Å². The molecule has 0 aliphatic heterocycles. The SMILES string of the molecule is O=C(O)CCN(C(=O)CC1CCCC1)C1CC1. The number of aliphatic carboxylic acids is 1. The molecule has 0 spiro atoms. The summed E-state index contributed by atoms with van der Waals surface area (Å²) in [5.74, 6) is -0.0847. The summed E-state index contributed by atoms with van der Waals surface area (Å²) in [5, 5.41) is 8.69. The molecule has 2 fully saturated rings. The van der Waals surface area contributed by atoms with E-state index >= 15 is 0 Å². The number of carboxylic acid groups (broad SMARTS) is 1. The van der Waals surface area contributed by atoms with E-state index in [-0.39, 0.29) is 12.3 Å². The van der Waals surface area contributed by atoms with Gasteiger partial charge in [-0.05, 0) is 31.6 Å². The van der Waals surface area contributed by atoms with E-state index in [1.165, 1.54) is 25.7 Å². The number of nitrogens with zero attached hydrogens (tertiary/aromatic N) is 1. The van der Waals surface area contributed by atoms with Crippen LogP contribution in [0.4, 0.5) is 0 Å². The maximum atomic E-state index is 12.1. The van der Waals surface area contributed by atoms with Crippen LogP contribution in [0.15, 0.2) is 0 Å². The minimum Gasteiger partial charge on any atom is -0.481 e. The lowest BCUT2D eigenvalue weighted by Crippen LogP contribution is -2.35. The van der Waals surface area contributed by atoms with Crippen LogP contribution in [0.25, 0.3) is 0 Å². The maximum absolute atomic E-state index is 12.1. The summed E-state index contributed by atoms with van der Waals surface area (Å²) in [6, 6.07) is 0.336. The molecule has 0 bridgehead atoms. The number of hydrogen-bond acceptors (Lipinski definition) is 2. The van der Waals surface area contributed by atoms with Crippen LogP contribution in [0.2, 0.25) is 0 Å². The molecule has 2 aliphatic carbocycles. The van der Waals surface area contributed by atoms with E-state index in [9.17, 15) is 9.59 Å². The Labute approximate surface area is 102 Å². The molecule has 4 heteroatoms. The Kier molecular flexibility index (Phi) is 4.02. The molecule has 0 radical (unpaired) electrons. The second-order valence-electron chi connectivity index (χ2n) is 5.32. The van der Waals surface area contributed by atoms with Gasteiger partial charge in [-0.15, -0.1) is 0 Å². The fourth-order valence-corrected chi connectivity index (χ4v) is 2.69. The number of amides is 1. The molecule has 0 aromatic carbocycles. The molecule has 0 saturated heterocycles. The molecule has 0 aromatic heterocycles. The number of carbonyl (C=O) groups excluding carboxylic acids is 1. The highest BCUT2D eigenvalue weighted by atomic mass is 16.4. The summed E-state index contributed by atoms with van der Waals surface area (Å²) in [6.45, 7) is 0.394. The van der Waals surface area contributed by atoms with Crippen molar-refractivity contribution >= 4 is 11.9 Å². The fraction of sp³-hybridized carbons (Fsp3) is 0.846. The van der Waals surface area contributed by atoms with Gasteiger partial charge in [0.1, 0.15) is 0 Å². The second-order valence-corrected chi connectivity index (χ2v) is 5.32. The van der Waals surface area contributed by atoms with Crippen LogP contribution >= 0.6 is 0 Å². The molecule has 2 aliphatic rings. The smallest absolute Gasteiger partial charge is 0.305 e. The average molecular weight is 239 g/mol. The van der Waals surface area contributed by atoms with Crippen molar-refractivity contribution in [2.45, 2.75) is 57.4 Å². The Balaban J connectivity index is 1.81. The van der Waals surface area contributed by atoms with E-state index in [0.717, 1.165) is 12.8 Å². The Morgan fingerprint density at radius 3 is 2.29 bits per heavy atom. The summed E-state index contributed by atoms with van der Waals surface area (Å²) in [4.78, 5) is 24.5. The summed E-state index contributed by atoms with van der Waals surface area (Å²) in [7, 11) is 0. The molecule has 96 valence electrons. The van der Waals surface area contributed by atoms with Crippen LogP contribution < -0.4 is 0 Å². The first kappa shape index (κ1) is 12.4. The van der Waals surface area contributed by atoms with Crippen LogP contribution in [0.5, 0.6) is 0 Å². The minimum atomic E-state index is -0.815. The Bertz CT molecular complexity index is 293. The van der Waals surface area contributed by atoms with Crippen molar-refractivity contribution in [2.75, 3.05) is 6.54 Å². The van der Waals surface area contributed by atoms with Gasteiger partial charge < -0.3 is 10.0 Å². The third-order valence-corrected chi connectivity index (χ3v) is 3.81. The summed E-state index contributed by atoms with van der Waals surface area (Å²) in [5.41, 5.74) is 0. The molecule has 1 amide bonds. The summed E-state index contributed by atoms with van der Waals surface area (Å²) < 4.78 is 0. The van der Waals surface area contributed by atoms with Crippen molar-refractivity contribution in [3.05, 3.63) is 0 Å². The van der Waals surface area contributed by atoms with Gasteiger partial charge in [-0.3, -0.25) is 9.59 Å². The summed E-state index contributed by atoms with van der Waals surface area (Å²) >= 11 is 0. The van der Waals surface area contributed by atoms with Gasteiger partial charge in [0.05, 0.1) is 6.42 Å². The zero-order valence-electron chi connectivity index (χ0n) is 10.2. The van der Waals surface area contributed by atoms with Crippen molar-refractivity contribution in [2.24, 2.45) is 5.92 Å². The van der Waals surface area contributed by atoms with Gasteiger partial charge in [-0.25, -0.2) is 0 Å². The molecule has 0 aromatic rings. The summed E-state index contributed by atoms with van der Waals surface area (Å²) in [6.07, 6.45) is 7.65. The lowest BCUT2D eigenvalue weighted by Gasteiger charge is -2.23. The number of carboxylic acids is 1. The van der Waals surface area contributed by atoms with Crippen LogP contribution in [0.1, 0.15) is 51.4 Å². The van der Waals surface area contributed by atoms with Crippen molar-refractivity contribution in [3.63, 3.8) is 0 Å². The predicted octanol–water partition coefficient (Wildman–Crippen LogP) is 2.03. The molecular formula is C13H21NO3. The van der Waals surface area contributed by atoms with Gasteiger partial charge in [0.2, 0.25) is 5.91 Å². The Hall–Kier alpha value is -1.06. The largest absolute Gasteiger partial charge is 0.481 e. The second kappa shape index (κ2) is 5.52. The van der Waals surface area contributed by atoms with E-state index < -0.39 is 5.97 Å². The topological polar surface area (TPSA) is 57.6 Å². The van der Waals surface area contributed by atoms with E-state index in [2.05, 4.69) is 0 Å². The van der Waals surface area contributed by atoms with E-state index in [1.807, 2.05) is 4.90 Å². The predicted molar refractivity (Wildman–Crippen MR) is 63.6 cm³/mol. The normalized spacial score (nSPS) is 20.5. The van der Waals surface area contributed by atoms with Gasteiger partial charge in [-0.1, -0.05) is 12.8 Å². The highest BCUT2D eigenvalue weighted by Crippen LogP contribution is 2.31. The molecule has 2 saturated carbocycles. The van der Waals surface area contributed by atoms with Crippen LogP contribution in [-0.2, 0) is 9.59 Å². The van der Waals surface area contributed by atoms with Gasteiger partial charge in [0.15, 0.2) is 0 Å². The zero-order chi connectivity index (χ0) is 12.3. The van der Waals surface area contributed by atoms with Gasteiger partial charge in [0.25, 0.3) is 0 Å². The molecule has 1 N–H and O–H groups in total. The van der Waals surface area contributed by atoms with Crippen molar-refractivity contribution in [1.82, 2.24) is 4.90 Å². The molecule has 17 heavy (non-hydrogen) atoms. The highest BCUT2D eigenvalue weighted by Gasteiger charge is 2.33. The fourth-order valence-electron chi connectivity index (χ4n) is 2.69. The van der Waals surface area contributed by atoms with Crippen LogP contribution in [-0.4, -0.2) is 34.5 Å². The first-order valence-corrected chi connectivity index (χ1v) is 6.68. The lowest BCUT2D eigenvalue weighted by molar-refractivity contribution is -0.139. The molecule has 0 unspecified atom stereocenters. The molecule has 0 atom stereocenters.